The number of likely N-dealkylation sites (tertiary alicyclic amines) is 1. The maximum absolute atomic E-state index is 13.5. The summed E-state index contributed by atoms with van der Waals surface area (Å²) >= 11 is 1.38. The molecule has 6 nitrogen and oxygen atoms in total. The third-order valence-corrected chi connectivity index (χ3v) is 8.40. The normalized spacial score (nSPS) is 19.1. The molecule has 2 aromatic carbocycles. The molecule has 1 unspecified atom stereocenters. The van der Waals surface area contributed by atoms with Gasteiger partial charge in [0.25, 0.3) is 0 Å². The van der Waals surface area contributed by atoms with E-state index < -0.39 is 23.5 Å². The van der Waals surface area contributed by atoms with Gasteiger partial charge in [0.05, 0.1) is 18.5 Å². The minimum absolute atomic E-state index is 0.0822. The van der Waals surface area contributed by atoms with Crippen LogP contribution in [0, 0.1) is 23.5 Å². The number of carbonyl (C=O) groups is 1. The number of fused-ring (bicyclic) bond motifs is 1. The van der Waals surface area contributed by atoms with Crippen molar-refractivity contribution >= 4 is 28.6 Å². The summed E-state index contributed by atoms with van der Waals surface area (Å²) in [5.74, 6) is -0.885. The smallest absolute Gasteiger partial charge is 0.308 e. The number of aliphatic carboxylic acids is 1. The number of hydrogen-bond acceptors (Lipinski definition) is 6. The first-order valence-electron chi connectivity index (χ1n) is 12.9. The van der Waals surface area contributed by atoms with Crippen LogP contribution in [0.25, 0.3) is 10.9 Å². The predicted octanol–water partition coefficient (Wildman–Crippen LogP) is 5.72. The first-order chi connectivity index (χ1) is 18.2. The lowest BCUT2D eigenvalue weighted by Gasteiger charge is -2.37. The van der Waals surface area contributed by atoms with Gasteiger partial charge in [-0.3, -0.25) is 9.78 Å². The highest BCUT2D eigenvalue weighted by Crippen LogP contribution is 2.36. The monoisotopic (exact) mass is 543 g/mol. The van der Waals surface area contributed by atoms with E-state index in [0.29, 0.717) is 23.7 Å². The Morgan fingerprint density at radius 2 is 1.97 bits per heavy atom. The molecule has 0 aliphatic carbocycles. The van der Waals surface area contributed by atoms with Gasteiger partial charge in [0.1, 0.15) is 17.4 Å². The summed E-state index contributed by atoms with van der Waals surface area (Å²) in [6.07, 6.45) is 4.27. The van der Waals surface area contributed by atoms with Crippen LogP contribution in [0.2, 0.25) is 0 Å². The van der Waals surface area contributed by atoms with Crippen molar-refractivity contribution in [1.29, 1.82) is 0 Å². The SMILES string of the molecule is COc1ccc2nccc(C(CC[C@@H]3CCN(CCSc4cc(F)cc(F)c4)C[C@@H]3C(=O)O)N(C)C)c2c1. The van der Waals surface area contributed by atoms with Gasteiger partial charge in [-0.25, -0.2) is 8.78 Å². The van der Waals surface area contributed by atoms with E-state index in [-0.39, 0.29) is 12.0 Å². The number of thioether (sulfide) groups is 1. The topological polar surface area (TPSA) is 65.9 Å². The number of nitrogens with zero attached hydrogens (tertiary/aromatic N) is 3. The van der Waals surface area contributed by atoms with Crippen molar-refractivity contribution in [1.82, 2.24) is 14.8 Å². The van der Waals surface area contributed by atoms with Crippen LogP contribution in [-0.2, 0) is 4.79 Å². The van der Waals surface area contributed by atoms with E-state index in [4.69, 9.17) is 4.74 Å². The van der Waals surface area contributed by atoms with Crippen LogP contribution in [-0.4, -0.2) is 72.5 Å². The highest BCUT2D eigenvalue weighted by Gasteiger charge is 2.34. The predicted molar refractivity (Wildman–Crippen MR) is 147 cm³/mol. The van der Waals surface area contributed by atoms with E-state index in [2.05, 4.69) is 28.9 Å². The third kappa shape index (κ3) is 7.01. The minimum atomic E-state index is -0.764. The molecule has 1 aliphatic rings. The van der Waals surface area contributed by atoms with Crippen molar-refractivity contribution < 1.29 is 23.4 Å². The molecule has 38 heavy (non-hydrogen) atoms. The zero-order chi connectivity index (χ0) is 27.2. The minimum Gasteiger partial charge on any atom is -0.497 e. The summed E-state index contributed by atoms with van der Waals surface area (Å²) in [5.41, 5.74) is 2.07. The van der Waals surface area contributed by atoms with Crippen LogP contribution >= 0.6 is 11.8 Å². The summed E-state index contributed by atoms with van der Waals surface area (Å²) in [5, 5.41) is 11.1. The van der Waals surface area contributed by atoms with Crippen LogP contribution in [0.5, 0.6) is 5.75 Å². The number of pyridine rings is 1. The number of methoxy groups -OCH3 is 1. The van der Waals surface area contributed by atoms with Crippen molar-refractivity contribution in [2.24, 2.45) is 11.8 Å². The maximum Gasteiger partial charge on any atom is 0.308 e. The highest BCUT2D eigenvalue weighted by atomic mass is 32.2. The van der Waals surface area contributed by atoms with E-state index >= 15 is 0 Å². The fraction of sp³-hybridized carbons (Fsp3) is 0.448. The number of benzene rings is 2. The molecule has 9 heteroatoms. The van der Waals surface area contributed by atoms with Gasteiger partial charge in [-0.2, -0.15) is 0 Å². The first-order valence-corrected chi connectivity index (χ1v) is 13.9. The molecule has 1 saturated heterocycles. The lowest BCUT2D eigenvalue weighted by Crippen LogP contribution is -2.44. The number of rotatable bonds is 11. The van der Waals surface area contributed by atoms with E-state index in [1.807, 2.05) is 30.5 Å². The molecule has 2 heterocycles. The second-order valence-corrected chi connectivity index (χ2v) is 11.3. The molecule has 0 spiro atoms. The van der Waals surface area contributed by atoms with Crippen molar-refractivity contribution in [2.45, 2.75) is 30.2 Å². The molecule has 0 saturated carbocycles. The molecule has 3 atom stereocenters. The van der Waals surface area contributed by atoms with Crippen LogP contribution < -0.4 is 4.74 Å². The van der Waals surface area contributed by atoms with E-state index in [1.54, 1.807) is 7.11 Å². The Labute approximate surface area is 227 Å². The van der Waals surface area contributed by atoms with Gasteiger partial charge in [0, 0.05) is 47.4 Å². The fourth-order valence-electron chi connectivity index (χ4n) is 5.43. The number of hydrogen-bond donors (Lipinski definition) is 1. The summed E-state index contributed by atoms with van der Waals surface area (Å²) in [6, 6.07) is 11.6. The van der Waals surface area contributed by atoms with Gasteiger partial charge < -0.3 is 19.6 Å². The molecule has 0 radical (unpaired) electrons. The Hall–Kier alpha value is -2.75. The van der Waals surface area contributed by atoms with Gasteiger partial charge in [0.15, 0.2) is 0 Å². The highest BCUT2D eigenvalue weighted by molar-refractivity contribution is 7.99. The molecule has 204 valence electrons. The molecule has 1 aromatic heterocycles. The van der Waals surface area contributed by atoms with E-state index in [1.165, 1.54) is 23.9 Å². The number of ether oxygens (including phenoxy) is 1. The number of piperidine rings is 1. The lowest BCUT2D eigenvalue weighted by molar-refractivity contribution is -0.146. The van der Waals surface area contributed by atoms with Crippen LogP contribution in [0.15, 0.2) is 53.6 Å². The molecular weight excluding hydrogens is 508 g/mol. The average molecular weight is 544 g/mol. The van der Waals surface area contributed by atoms with E-state index in [0.717, 1.165) is 54.1 Å². The number of carboxylic acids is 1. The molecular formula is C29H35F2N3O3S. The van der Waals surface area contributed by atoms with Crippen LogP contribution in [0.1, 0.15) is 30.9 Å². The van der Waals surface area contributed by atoms with Crippen molar-refractivity contribution in [3.63, 3.8) is 0 Å². The zero-order valence-corrected chi connectivity index (χ0v) is 22.9. The van der Waals surface area contributed by atoms with Gasteiger partial charge in [-0.15, -0.1) is 11.8 Å². The molecule has 0 bridgehead atoms. The maximum atomic E-state index is 13.5. The largest absolute Gasteiger partial charge is 0.497 e. The molecule has 1 fully saturated rings. The van der Waals surface area contributed by atoms with Gasteiger partial charge in [-0.1, -0.05) is 0 Å². The lowest BCUT2D eigenvalue weighted by atomic mass is 9.80. The second kappa shape index (κ2) is 12.9. The standard InChI is InChI=1S/C29H35F2N3O3S/c1-33(2)28(24-8-10-32-27-6-5-22(37-3)17-25(24)27)7-4-19-9-11-34(18-26(19)29(35)36)12-13-38-23-15-20(30)14-21(31)16-23/h5-6,8,10,14-17,19,26,28H,4,7,9,11-13,18H2,1-3H3,(H,35,36)/t19-,26+,28?/m1/s1. The first kappa shape index (κ1) is 28.3. The molecule has 1 aliphatic heterocycles. The summed E-state index contributed by atoms with van der Waals surface area (Å²) < 4.78 is 32.3. The molecule has 0 amide bonds. The summed E-state index contributed by atoms with van der Waals surface area (Å²) in [6.45, 7) is 1.97. The van der Waals surface area contributed by atoms with Crippen molar-refractivity contribution in [3.8, 4) is 5.75 Å². The Bertz CT molecular complexity index is 1240. The summed E-state index contributed by atoms with van der Waals surface area (Å²) in [7, 11) is 5.76. The van der Waals surface area contributed by atoms with Gasteiger partial charge in [-0.05, 0) is 87.8 Å². The Kier molecular flexibility index (Phi) is 9.57. The van der Waals surface area contributed by atoms with Gasteiger partial charge in [0.2, 0.25) is 0 Å². The number of aromatic nitrogens is 1. The Morgan fingerprint density at radius 1 is 1.21 bits per heavy atom. The van der Waals surface area contributed by atoms with Gasteiger partial charge >= 0.3 is 5.97 Å². The Morgan fingerprint density at radius 3 is 2.66 bits per heavy atom. The number of carboxylic acid groups (broad SMARTS) is 1. The third-order valence-electron chi connectivity index (χ3n) is 7.45. The number of halogens is 2. The van der Waals surface area contributed by atoms with Crippen molar-refractivity contribution in [3.05, 3.63) is 65.9 Å². The molecule has 4 rings (SSSR count). The Balaban J connectivity index is 1.39. The van der Waals surface area contributed by atoms with Crippen LogP contribution in [0.3, 0.4) is 0 Å². The summed E-state index contributed by atoms with van der Waals surface area (Å²) in [4.78, 5) is 21.6. The van der Waals surface area contributed by atoms with E-state index in [9.17, 15) is 18.7 Å². The zero-order valence-electron chi connectivity index (χ0n) is 22.1. The van der Waals surface area contributed by atoms with Crippen LogP contribution in [0.4, 0.5) is 8.78 Å². The van der Waals surface area contributed by atoms with Crippen molar-refractivity contribution in [2.75, 3.05) is 46.6 Å². The average Bonchev–Trinajstić information content (AvgIpc) is 2.88. The second-order valence-electron chi connectivity index (χ2n) is 10.1. The molecule has 3 aromatic rings. The quantitative estimate of drug-likeness (QED) is 0.310. The molecule has 1 N–H and O–H groups in total. The fourth-order valence-corrected chi connectivity index (χ4v) is 6.41.